The van der Waals surface area contributed by atoms with E-state index in [2.05, 4.69) is 46.2 Å². The highest BCUT2D eigenvalue weighted by molar-refractivity contribution is 9.10. The second-order valence-corrected chi connectivity index (χ2v) is 27.8. The Hall–Kier alpha value is -4.75. The van der Waals surface area contributed by atoms with E-state index in [9.17, 15) is 62.3 Å². The number of rotatable bonds is 14. The lowest BCUT2D eigenvalue weighted by atomic mass is 10.0. The van der Waals surface area contributed by atoms with Crippen LogP contribution in [-0.4, -0.2) is 72.6 Å². The molecule has 0 aliphatic rings. The molecule has 0 bridgehead atoms. The number of carbonyl (C=O) groups is 2. The van der Waals surface area contributed by atoms with Gasteiger partial charge in [0.15, 0.2) is 17.4 Å². The Morgan fingerprint density at radius 3 is 1.42 bits per heavy atom. The molecule has 0 spiro atoms. The normalized spacial score (nSPS) is 12.4. The van der Waals surface area contributed by atoms with Gasteiger partial charge in [-0.25, -0.2) is 22.6 Å². The molecule has 8 nitrogen and oxygen atoms in total. The van der Waals surface area contributed by atoms with Crippen LogP contribution in [0.5, 0.6) is 23.0 Å². The van der Waals surface area contributed by atoms with Crippen molar-refractivity contribution in [3.8, 4) is 23.0 Å². The molecule has 0 N–H and O–H groups in total. The standard InChI is InChI=1S/C21H22F6O3Si.C15H24FNO3Si.C8H4BrF5O/c1-20(2,3)31(4,5)30-17-10-12(6-7-16(17)23)18(28)13-8-14(22)11-15(9-13)29-21(26,27)19(24)25;1-15(2,3)21(6,7)20-13-10-11(8-9-12(13)16)14(18)17(4)19-5;9-5-3-4(1-2-6(5)10)15-8(13,14)7(11)12/h6-11,19H,1-5H3;8-10H,1-7H3;1-3,7H. The summed E-state index contributed by atoms with van der Waals surface area (Å²) >= 11 is 2.70. The Morgan fingerprint density at radius 2 is 1.00 bits per heavy atom. The third-order valence-corrected chi connectivity index (χ3v) is 19.6. The summed E-state index contributed by atoms with van der Waals surface area (Å²) in [7, 11) is -1.72. The number of amides is 1. The smallest absolute Gasteiger partial charge is 0.461 e. The molecular weight excluding hydrogens is 1020 g/mol. The first-order valence-corrected chi connectivity index (χ1v) is 26.3. The first kappa shape index (κ1) is 58.4. The van der Waals surface area contributed by atoms with E-state index >= 15 is 0 Å². The SMILES string of the molecule is CC(C)(C)[Si](C)(C)Oc1cc(C(=O)c2cc(F)cc(OC(F)(F)C(F)F)c2)ccc1F.CON(C)C(=O)c1ccc(F)c(O[Si](C)(C)C(C)(C)C)c1.Fc1ccc(OC(F)(F)C(F)F)cc1Br. The molecule has 0 aliphatic heterocycles. The molecule has 4 aromatic carbocycles. The van der Waals surface area contributed by atoms with Gasteiger partial charge < -0.3 is 18.3 Å². The van der Waals surface area contributed by atoms with Crippen molar-refractivity contribution in [1.82, 2.24) is 5.06 Å². The van der Waals surface area contributed by atoms with Crippen LogP contribution in [0.2, 0.25) is 36.3 Å². The third kappa shape index (κ3) is 16.5. The lowest BCUT2D eigenvalue weighted by Crippen LogP contribution is -2.44. The number of hydrogen-bond acceptors (Lipinski definition) is 7. The predicted octanol–water partition coefficient (Wildman–Crippen LogP) is 14.5. The fraction of sp³-hybridized carbons (Fsp3) is 0.409. The number of hydroxylamine groups is 2. The van der Waals surface area contributed by atoms with Gasteiger partial charge in [0.25, 0.3) is 22.5 Å². The highest BCUT2D eigenvalue weighted by atomic mass is 79.9. The van der Waals surface area contributed by atoms with Crippen molar-refractivity contribution in [3.63, 3.8) is 0 Å². The second kappa shape index (κ2) is 22.6. The summed E-state index contributed by atoms with van der Waals surface area (Å²) in [5.41, 5.74) is -0.216. The van der Waals surface area contributed by atoms with Crippen molar-refractivity contribution in [2.45, 2.75) is 103 Å². The van der Waals surface area contributed by atoms with Crippen LogP contribution >= 0.6 is 15.9 Å². The highest BCUT2D eigenvalue weighted by Crippen LogP contribution is 2.40. The molecule has 4 aromatic rings. The molecule has 4 rings (SSSR count). The zero-order valence-electron chi connectivity index (χ0n) is 38.3. The van der Waals surface area contributed by atoms with Gasteiger partial charge in [-0.15, -0.1) is 0 Å². The van der Waals surface area contributed by atoms with Crippen LogP contribution in [0.25, 0.3) is 0 Å². The summed E-state index contributed by atoms with van der Waals surface area (Å²) in [6.45, 7) is 19.9. The van der Waals surface area contributed by atoms with Gasteiger partial charge in [-0.3, -0.25) is 14.4 Å². The van der Waals surface area contributed by atoms with Crippen molar-refractivity contribution < 1.29 is 85.4 Å². The van der Waals surface area contributed by atoms with E-state index in [1.807, 2.05) is 47.0 Å². The molecular formula is C44H50BrF12NO7Si2. The minimum absolute atomic E-state index is 0.0528. The fourth-order valence-electron chi connectivity index (χ4n) is 4.42. The monoisotopic (exact) mass is 1070 g/mol. The van der Waals surface area contributed by atoms with Gasteiger partial charge in [-0.05, 0) is 119 Å². The number of carbonyl (C=O) groups excluding carboxylic acids is 2. The quantitative estimate of drug-likeness (QED) is 0.0538. The number of ketones is 1. The third-order valence-electron chi connectivity index (χ3n) is 10.3. The summed E-state index contributed by atoms with van der Waals surface area (Å²) in [6.07, 6.45) is -17.5. The minimum Gasteiger partial charge on any atom is -0.542 e. The van der Waals surface area contributed by atoms with Crippen LogP contribution in [0.4, 0.5) is 52.7 Å². The Labute approximate surface area is 390 Å². The molecule has 372 valence electrons. The first-order valence-electron chi connectivity index (χ1n) is 19.7. The molecule has 0 aromatic heterocycles. The molecule has 0 fully saturated rings. The zero-order chi connectivity index (χ0) is 51.8. The van der Waals surface area contributed by atoms with E-state index in [4.69, 9.17) is 13.7 Å². The van der Waals surface area contributed by atoms with Crippen molar-refractivity contribution in [1.29, 1.82) is 0 Å². The van der Waals surface area contributed by atoms with Crippen molar-refractivity contribution in [2.75, 3.05) is 14.2 Å². The maximum atomic E-state index is 14.3. The van der Waals surface area contributed by atoms with Crippen LogP contribution in [0.3, 0.4) is 0 Å². The molecule has 0 saturated heterocycles. The maximum Gasteiger partial charge on any atom is 0.461 e. The van der Waals surface area contributed by atoms with E-state index in [1.54, 1.807) is 0 Å². The molecule has 23 heteroatoms. The summed E-state index contributed by atoms with van der Waals surface area (Å²) < 4.78 is 173. The molecule has 0 unspecified atom stereocenters. The number of alkyl halides is 8. The highest BCUT2D eigenvalue weighted by Gasteiger charge is 2.45. The number of nitrogens with zero attached hydrogens (tertiary/aromatic N) is 1. The molecule has 0 saturated carbocycles. The van der Waals surface area contributed by atoms with Gasteiger partial charge in [0.1, 0.15) is 34.6 Å². The Balaban J connectivity index is 0.000000370. The summed E-state index contributed by atoms with van der Waals surface area (Å²) in [5, 5.41) is 0.774. The van der Waals surface area contributed by atoms with E-state index in [-0.39, 0.29) is 37.5 Å². The Morgan fingerprint density at radius 1 is 0.582 bits per heavy atom. The molecule has 67 heavy (non-hydrogen) atoms. The summed E-state index contributed by atoms with van der Waals surface area (Å²) in [6, 6.07) is 11.7. The molecule has 0 heterocycles. The van der Waals surface area contributed by atoms with Gasteiger partial charge in [0.05, 0.1) is 11.6 Å². The van der Waals surface area contributed by atoms with Crippen molar-refractivity contribution in [3.05, 3.63) is 117 Å². The van der Waals surface area contributed by atoms with Gasteiger partial charge in [-0.1, -0.05) is 41.5 Å². The van der Waals surface area contributed by atoms with Gasteiger partial charge >= 0.3 is 25.1 Å². The number of halogens is 13. The van der Waals surface area contributed by atoms with E-state index in [0.717, 1.165) is 47.5 Å². The Kier molecular flexibility index (Phi) is 19.7. The average Bonchev–Trinajstić information content (AvgIpc) is 3.19. The average molecular weight is 1070 g/mol. The first-order chi connectivity index (χ1) is 30.3. The zero-order valence-corrected chi connectivity index (χ0v) is 41.9. The summed E-state index contributed by atoms with van der Waals surface area (Å²) in [4.78, 5) is 29.6. The van der Waals surface area contributed by atoms with Crippen LogP contribution in [0.1, 0.15) is 67.8 Å². The second-order valence-electron chi connectivity index (χ2n) is 17.5. The van der Waals surface area contributed by atoms with Gasteiger partial charge in [-0.2, -0.15) is 35.1 Å². The van der Waals surface area contributed by atoms with Crippen molar-refractivity contribution in [2.24, 2.45) is 0 Å². The summed E-state index contributed by atoms with van der Waals surface area (Å²) in [5.74, 6) is -5.78. The lowest BCUT2D eigenvalue weighted by Gasteiger charge is -2.36. The number of ether oxygens (including phenoxy) is 2. The van der Waals surface area contributed by atoms with Crippen LogP contribution < -0.4 is 18.3 Å². The molecule has 0 aliphatic carbocycles. The van der Waals surface area contributed by atoms with Crippen LogP contribution in [0.15, 0.2) is 77.3 Å². The Bertz CT molecular complexity index is 2340. The van der Waals surface area contributed by atoms with Gasteiger partial charge in [0, 0.05) is 29.8 Å². The van der Waals surface area contributed by atoms with E-state index in [0.29, 0.717) is 17.7 Å². The van der Waals surface area contributed by atoms with E-state index < -0.39 is 87.8 Å². The largest absolute Gasteiger partial charge is 0.542 e. The van der Waals surface area contributed by atoms with Crippen molar-refractivity contribution >= 4 is 44.3 Å². The maximum absolute atomic E-state index is 14.3. The number of hydrogen-bond donors (Lipinski definition) is 0. The molecule has 0 atom stereocenters. The van der Waals surface area contributed by atoms with Gasteiger partial charge in [0.2, 0.25) is 0 Å². The van der Waals surface area contributed by atoms with E-state index in [1.165, 1.54) is 32.4 Å². The molecule has 0 radical (unpaired) electrons. The van der Waals surface area contributed by atoms with Crippen LogP contribution in [0, 0.1) is 23.3 Å². The number of benzene rings is 4. The predicted molar refractivity (Wildman–Crippen MR) is 235 cm³/mol. The lowest BCUT2D eigenvalue weighted by molar-refractivity contribution is -0.253. The topological polar surface area (TPSA) is 83.5 Å². The molecule has 1 amide bonds. The van der Waals surface area contributed by atoms with Crippen LogP contribution in [-0.2, 0) is 4.84 Å². The minimum atomic E-state index is -4.87. The fourth-order valence-corrected chi connectivity index (χ4v) is 6.80.